The lowest BCUT2D eigenvalue weighted by Crippen LogP contribution is -2.40. The van der Waals surface area contributed by atoms with Crippen LogP contribution in [-0.4, -0.2) is 29.3 Å². The molecule has 0 radical (unpaired) electrons. The second-order valence-electron chi connectivity index (χ2n) is 5.56. The number of nitrogens with two attached hydrogens (primary N) is 1. The fraction of sp³-hybridized carbons (Fsp3) is 0.769. The smallest absolute Gasteiger partial charge is 0.153 e. The maximum atomic E-state index is 5.96. The third-order valence-corrected chi connectivity index (χ3v) is 4.27. The van der Waals surface area contributed by atoms with Gasteiger partial charge < -0.3 is 10.6 Å². The van der Waals surface area contributed by atoms with Crippen LogP contribution < -0.4 is 10.6 Å². The molecule has 0 bridgehead atoms. The van der Waals surface area contributed by atoms with E-state index >= 15 is 0 Å². The van der Waals surface area contributed by atoms with Crippen molar-refractivity contribution in [2.45, 2.75) is 51.0 Å². The highest BCUT2D eigenvalue weighted by Crippen LogP contribution is 2.35. The first-order valence-electron chi connectivity index (χ1n) is 6.83. The summed E-state index contributed by atoms with van der Waals surface area (Å²) in [5.74, 6) is 1.85. The van der Waals surface area contributed by atoms with E-state index < -0.39 is 0 Å². The highest BCUT2D eigenvalue weighted by Gasteiger charge is 2.26. The van der Waals surface area contributed by atoms with Gasteiger partial charge >= 0.3 is 0 Å². The number of nitrogens with one attached hydrogen (secondary N) is 1. The Morgan fingerprint density at radius 3 is 2.82 bits per heavy atom. The van der Waals surface area contributed by atoms with E-state index in [1.165, 1.54) is 36.3 Å². The van der Waals surface area contributed by atoms with Crippen LogP contribution in [0.15, 0.2) is 0 Å². The van der Waals surface area contributed by atoms with Crippen molar-refractivity contribution in [2.75, 3.05) is 18.0 Å². The molecule has 1 aromatic rings. The molecule has 0 spiro atoms. The molecule has 2 heterocycles. The lowest BCUT2D eigenvalue weighted by Gasteiger charge is -2.31. The van der Waals surface area contributed by atoms with Crippen LogP contribution in [0.4, 0.5) is 5.82 Å². The maximum absolute atomic E-state index is 5.96. The quantitative estimate of drug-likeness (QED) is 0.778. The van der Waals surface area contributed by atoms with Crippen LogP contribution in [0.25, 0.3) is 0 Å². The van der Waals surface area contributed by atoms with E-state index in [4.69, 9.17) is 5.73 Å². The Morgan fingerprint density at radius 1 is 1.29 bits per heavy atom. The van der Waals surface area contributed by atoms with Crippen molar-refractivity contribution >= 4 is 5.82 Å². The summed E-state index contributed by atoms with van der Waals surface area (Å²) >= 11 is 0. The summed E-state index contributed by atoms with van der Waals surface area (Å²) in [5.41, 5.74) is 8.80. The van der Waals surface area contributed by atoms with E-state index in [0.29, 0.717) is 12.0 Å². The number of H-pyrrole nitrogens is 1. The van der Waals surface area contributed by atoms with Crippen molar-refractivity contribution in [1.29, 1.82) is 0 Å². The summed E-state index contributed by atoms with van der Waals surface area (Å²) < 4.78 is 0. The molecule has 0 amide bonds. The van der Waals surface area contributed by atoms with Crippen LogP contribution in [-0.2, 0) is 6.42 Å². The molecule has 1 saturated heterocycles. The van der Waals surface area contributed by atoms with Crippen LogP contribution in [0, 0.1) is 0 Å². The molecule has 1 aliphatic carbocycles. The largest absolute Gasteiger partial charge is 0.355 e. The number of hydrogen-bond donors (Lipinski definition) is 2. The molecule has 1 fully saturated rings. The predicted octanol–water partition coefficient (Wildman–Crippen LogP) is 1.78. The summed E-state index contributed by atoms with van der Waals surface area (Å²) in [4.78, 5) is 2.41. The van der Waals surface area contributed by atoms with Crippen molar-refractivity contribution in [3.05, 3.63) is 11.3 Å². The zero-order valence-corrected chi connectivity index (χ0v) is 10.6. The van der Waals surface area contributed by atoms with Gasteiger partial charge in [-0.1, -0.05) is 6.92 Å². The summed E-state index contributed by atoms with van der Waals surface area (Å²) in [5, 5.41) is 7.82. The Balaban J connectivity index is 1.84. The van der Waals surface area contributed by atoms with E-state index in [2.05, 4.69) is 22.0 Å². The number of aromatic amines is 1. The van der Waals surface area contributed by atoms with Gasteiger partial charge in [0.25, 0.3) is 0 Å². The van der Waals surface area contributed by atoms with Crippen molar-refractivity contribution in [3.8, 4) is 0 Å². The van der Waals surface area contributed by atoms with E-state index in [-0.39, 0.29) is 0 Å². The number of piperidine rings is 1. The molecule has 94 valence electrons. The minimum absolute atomic E-state index is 0.389. The molecule has 4 heteroatoms. The number of fused-ring (bicyclic) bond motifs is 1. The van der Waals surface area contributed by atoms with Crippen LogP contribution in [0.3, 0.4) is 0 Å². The number of anilines is 1. The molecule has 3 N–H and O–H groups in total. The maximum Gasteiger partial charge on any atom is 0.153 e. The van der Waals surface area contributed by atoms with Crippen LogP contribution in [0.5, 0.6) is 0 Å². The van der Waals surface area contributed by atoms with E-state index in [0.717, 1.165) is 25.9 Å². The molecule has 1 unspecified atom stereocenters. The van der Waals surface area contributed by atoms with Gasteiger partial charge in [-0.05, 0) is 38.0 Å². The Labute approximate surface area is 103 Å². The standard InChI is InChI=1S/C13H22N4/c1-9-3-2-4-11-12(9)15-16-13(11)17-7-5-10(14)6-8-17/h9-10H,2-8,14H2,1H3,(H,15,16). The second-order valence-corrected chi connectivity index (χ2v) is 5.56. The summed E-state index contributed by atoms with van der Waals surface area (Å²) in [7, 11) is 0. The van der Waals surface area contributed by atoms with Crippen LogP contribution in [0.2, 0.25) is 0 Å². The normalized spacial score (nSPS) is 26.0. The topological polar surface area (TPSA) is 57.9 Å². The van der Waals surface area contributed by atoms with E-state index in [1.807, 2.05) is 0 Å². The Kier molecular flexibility index (Phi) is 2.82. The Morgan fingerprint density at radius 2 is 2.06 bits per heavy atom. The summed E-state index contributed by atoms with van der Waals surface area (Å²) in [6.45, 7) is 4.42. The molecule has 1 atom stereocenters. The van der Waals surface area contributed by atoms with Gasteiger partial charge in [0.15, 0.2) is 5.82 Å². The molecule has 1 aromatic heterocycles. The highest BCUT2D eigenvalue weighted by atomic mass is 15.3. The minimum Gasteiger partial charge on any atom is -0.355 e. The first-order valence-corrected chi connectivity index (χ1v) is 6.83. The molecule has 2 aliphatic rings. The SMILES string of the molecule is CC1CCCc2c(N3CCC(N)CC3)n[nH]c21. The Hall–Kier alpha value is -1.03. The van der Waals surface area contributed by atoms with Crippen molar-refractivity contribution in [1.82, 2.24) is 10.2 Å². The number of rotatable bonds is 1. The fourth-order valence-electron chi connectivity index (χ4n) is 3.12. The monoisotopic (exact) mass is 234 g/mol. The number of nitrogens with zero attached hydrogens (tertiary/aromatic N) is 2. The minimum atomic E-state index is 0.389. The van der Waals surface area contributed by atoms with Gasteiger partial charge in [-0.15, -0.1) is 0 Å². The average Bonchev–Trinajstić information content (AvgIpc) is 2.75. The lowest BCUT2D eigenvalue weighted by atomic mass is 9.88. The third-order valence-electron chi connectivity index (χ3n) is 4.27. The average molecular weight is 234 g/mol. The van der Waals surface area contributed by atoms with Gasteiger partial charge in [-0.2, -0.15) is 5.10 Å². The lowest BCUT2D eigenvalue weighted by molar-refractivity contribution is 0.497. The molecule has 3 rings (SSSR count). The zero-order chi connectivity index (χ0) is 11.8. The van der Waals surface area contributed by atoms with Crippen molar-refractivity contribution < 1.29 is 0 Å². The number of hydrogen-bond acceptors (Lipinski definition) is 3. The number of aromatic nitrogens is 2. The molecule has 0 aromatic carbocycles. The zero-order valence-electron chi connectivity index (χ0n) is 10.6. The second kappa shape index (κ2) is 4.33. The Bertz CT molecular complexity index is 390. The molecule has 0 saturated carbocycles. The van der Waals surface area contributed by atoms with Gasteiger partial charge in [0.1, 0.15) is 0 Å². The van der Waals surface area contributed by atoms with Gasteiger partial charge in [0.05, 0.1) is 0 Å². The van der Waals surface area contributed by atoms with E-state index in [1.54, 1.807) is 0 Å². The summed E-state index contributed by atoms with van der Waals surface area (Å²) in [6.07, 6.45) is 5.97. The van der Waals surface area contributed by atoms with Crippen molar-refractivity contribution in [2.24, 2.45) is 5.73 Å². The molecule has 4 nitrogen and oxygen atoms in total. The molecular weight excluding hydrogens is 212 g/mol. The van der Waals surface area contributed by atoms with Crippen LogP contribution >= 0.6 is 0 Å². The third kappa shape index (κ3) is 1.95. The van der Waals surface area contributed by atoms with Gasteiger partial charge in [-0.3, -0.25) is 5.10 Å². The van der Waals surface area contributed by atoms with Crippen LogP contribution in [0.1, 0.15) is 49.8 Å². The molecule has 1 aliphatic heterocycles. The molecule has 17 heavy (non-hydrogen) atoms. The predicted molar refractivity (Wildman–Crippen MR) is 69.4 cm³/mol. The summed E-state index contributed by atoms with van der Waals surface area (Å²) in [6, 6.07) is 0.389. The van der Waals surface area contributed by atoms with Gasteiger partial charge in [-0.25, -0.2) is 0 Å². The first-order chi connectivity index (χ1) is 8.25. The van der Waals surface area contributed by atoms with Gasteiger partial charge in [0, 0.05) is 30.4 Å². The molecular formula is C13H22N4. The van der Waals surface area contributed by atoms with E-state index in [9.17, 15) is 0 Å². The van der Waals surface area contributed by atoms with Crippen molar-refractivity contribution in [3.63, 3.8) is 0 Å². The van der Waals surface area contributed by atoms with Gasteiger partial charge in [0.2, 0.25) is 0 Å². The fourth-order valence-corrected chi connectivity index (χ4v) is 3.12. The first kappa shape index (κ1) is 11.1. The highest BCUT2D eigenvalue weighted by molar-refractivity contribution is 5.51.